The molecule has 1 N–H and O–H groups in total. The van der Waals surface area contributed by atoms with Crippen LogP contribution in [0.25, 0.3) is 0 Å². The van der Waals surface area contributed by atoms with Gasteiger partial charge in [-0.15, -0.1) is 0 Å². The van der Waals surface area contributed by atoms with Crippen molar-refractivity contribution in [2.45, 2.75) is 83.6 Å². The van der Waals surface area contributed by atoms with Crippen LogP contribution in [0.1, 0.15) is 85.0 Å². The van der Waals surface area contributed by atoms with Crippen LogP contribution in [0.3, 0.4) is 0 Å². The number of piperidine rings is 1. The first-order valence-corrected chi connectivity index (χ1v) is 12.6. The number of esters is 1. The Kier molecular flexibility index (Phi) is 5.01. The maximum atomic E-state index is 13.6. The lowest BCUT2D eigenvalue weighted by atomic mass is 9.73. The predicted octanol–water partition coefficient (Wildman–Crippen LogP) is 3.18. The highest BCUT2D eigenvalue weighted by Gasteiger charge is 2.56. The van der Waals surface area contributed by atoms with Crippen molar-refractivity contribution < 1.29 is 24.2 Å². The number of aliphatic hydroxyl groups excluding tert-OH is 1. The smallest absolute Gasteiger partial charge is 0.338 e. The lowest BCUT2D eigenvalue weighted by molar-refractivity contribution is -0.138. The molecule has 0 aromatic heterocycles. The number of rotatable bonds is 4. The number of cyclic esters (lactones) is 1. The van der Waals surface area contributed by atoms with E-state index >= 15 is 0 Å². The number of allylic oxidation sites excluding steroid dienone is 2. The molecular formula is C27H32N2O5. The van der Waals surface area contributed by atoms with Crippen LogP contribution in [0.2, 0.25) is 0 Å². The number of carbonyl (C=O) groups is 3. The van der Waals surface area contributed by atoms with Crippen molar-refractivity contribution in [1.82, 2.24) is 9.80 Å². The fraction of sp³-hybridized carbons (Fsp3) is 0.593. The number of aliphatic hydroxyl groups is 1. The normalized spacial score (nSPS) is 31.7. The molecule has 1 spiro atoms. The number of benzene rings is 1. The van der Waals surface area contributed by atoms with Gasteiger partial charge in [-0.05, 0) is 69.6 Å². The summed E-state index contributed by atoms with van der Waals surface area (Å²) in [5, 5.41) is 11.2. The van der Waals surface area contributed by atoms with Gasteiger partial charge in [-0.25, -0.2) is 4.79 Å². The Bertz CT molecular complexity index is 1120. The summed E-state index contributed by atoms with van der Waals surface area (Å²) in [7, 11) is 0. The van der Waals surface area contributed by atoms with Crippen molar-refractivity contribution in [3.05, 3.63) is 45.7 Å². The molecule has 4 atom stereocenters. The van der Waals surface area contributed by atoms with E-state index in [-0.39, 0.29) is 41.8 Å². The zero-order chi connectivity index (χ0) is 23.8. The van der Waals surface area contributed by atoms with Gasteiger partial charge in [0, 0.05) is 48.4 Å². The molecule has 1 unspecified atom stereocenters. The molecule has 1 aromatic carbocycles. The van der Waals surface area contributed by atoms with Crippen molar-refractivity contribution >= 4 is 17.7 Å². The Hall–Kier alpha value is -2.51. The standard InChI is InChI=1S/C27H32N2O5/c1-15-19(5-6-20-21(15)14-34-25(20)32)24(31)13-29-17-3-4-18(29)12-27(11-17)9-10-28(26(27)33)22-7-8-23(30)16(22)2/h5-6,17-18,24,31H,3-4,7-14H2,1-2H3/t17-,18+,24-,27?/m0/s1. The van der Waals surface area contributed by atoms with Crippen LogP contribution in [0.4, 0.5) is 0 Å². The molecule has 5 aliphatic rings. The van der Waals surface area contributed by atoms with E-state index in [2.05, 4.69) is 4.90 Å². The average Bonchev–Trinajstić information content (AvgIpc) is 3.50. The number of fused-ring (bicyclic) bond motifs is 3. The number of ether oxygens (including phenoxy) is 1. The van der Waals surface area contributed by atoms with Gasteiger partial charge in [0.2, 0.25) is 5.91 Å². The molecule has 2 bridgehead atoms. The summed E-state index contributed by atoms with van der Waals surface area (Å²) in [6.07, 6.45) is 5.20. The number of amides is 1. The van der Waals surface area contributed by atoms with Gasteiger partial charge >= 0.3 is 5.97 Å². The molecule has 4 heterocycles. The largest absolute Gasteiger partial charge is 0.457 e. The molecule has 34 heavy (non-hydrogen) atoms. The Morgan fingerprint density at radius 2 is 1.85 bits per heavy atom. The number of nitrogens with zero attached hydrogens (tertiary/aromatic N) is 2. The van der Waals surface area contributed by atoms with E-state index in [1.165, 1.54) is 0 Å². The van der Waals surface area contributed by atoms with Crippen LogP contribution in [0.15, 0.2) is 23.4 Å². The number of ketones is 1. The Balaban J connectivity index is 1.18. The minimum absolute atomic E-state index is 0.172. The molecule has 1 aliphatic carbocycles. The van der Waals surface area contributed by atoms with E-state index in [1.807, 2.05) is 24.8 Å². The minimum atomic E-state index is -0.647. The lowest BCUT2D eigenvalue weighted by Crippen LogP contribution is -2.51. The summed E-state index contributed by atoms with van der Waals surface area (Å²) < 4.78 is 5.17. The highest BCUT2D eigenvalue weighted by Crippen LogP contribution is 2.52. The quantitative estimate of drug-likeness (QED) is 0.689. The Morgan fingerprint density at radius 1 is 1.12 bits per heavy atom. The molecule has 0 radical (unpaired) electrons. The first kappa shape index (κ1) is 22.0. The highest BCUT2D eigenvalue weighted by atomic mass is 16.5. The van der Waals surface area contributed by atoms with Gasteiger partial charge in [-0.2, -0.15) is 0 Å². The fourth-order valence-corrected chi connectivity index (χ4v) is 7.33. The molecule has 1 amide bonds. The van der Waals surface area contributed by atoms with Gasteiger partial charge in [0.15, 0.2) is 5.78 Å². The molecular weight excluding hydrogens is 432 g/mol. The van der Waals surface area contributed by atoms with E-state index < -0.39 is 6.10 Å². The van der Waals surface area contributed by atoms with Gasteiger partial charge in [0.05, 0.1) is 17.1 Å². The zero-order valence-electron chi connectivity index (χ0n) is 19.9. The number of carbonyl (C=O) groups excluding carboxylic acids is 3. The minimum Gasteiger partial charge on any atom is -0.457 e. The zero-order valence-corrected chi connectivity index (χ0v) is 19.9. The second-order valence-electron chi connectivity index (χ2n) is 10.9. The summed E-state index contributed by atoms with van der Waals surface area (Å²) in [6, 6.07) is 4.21. The average molecular weight is 465 g/mol. The van der Waals surface area contributed by atoms with Crippen molar-refractivity contribution in [2.24, 2.45) is 5.41 Å². The van der Waals surface area contributed by atoms with Gasteiger partial charge in [-0.3, -0.25) is 14.5 Å². The second kappa shape index (κ2) is 7.75. The summed E-state index contributed by atoms with van der Waals surface area (Å²) >= 11 is 0. The molecule has 1 aromatic rings. The van der Waals surface area contributed by atoms with Gasteiger partial charge < -0.3 is 14.7 Å². The van der Waals surface area contributed by atoms with E-state index in [4.69, 9.17) is 4.74 Å². The first-order valence-electron chi connectivity index (χ1n) is 12.6. The third-order valence-electron chi connectivity index (χ3n) is 9.25. The van der Waals surface area contributed by atoms with Crippen molar-refractivity contribution in [2.75, 3.05) is 13.1 Å². The van der Waals surface area contributed by atoms with Crippen LogP contribution < -0.4 is 0 Å². The molecule has 7 nitrogen and oxygen atoms in total. The van der Waals surface area contributed by atoms with E-state index in [0.29, 0.717) is 24.9 Å². The van der Waals surface area contributed by atoms with Crippen LogP contribution >= 0.6 is 0 Å². The molecule has 6 rings (SSSR count). The van der Waals surface area contributed by atoms with E-state index in [0.717, 1.165) is 66.6 Å². The number of Topliss-reactive ketones (excluding diaryl/α,β-unsaturated/α-hetero) is 1. The van der Waals surface area contributed by atoms with Crippen LogP contribution in [0, 0.1) is 12.3 Å². The predicted molar refractivity (Wildman–Crippen MR) is 124 cm³/mol. The summed E-state index contributed by atoms with van der Waals surface area (Å²) in [6.45, 7) is 5.35. The lowest BCUT2D eigenvalue weighted by Gasteiger charge is -2.44. The molecule has 180 valence electrons. The third kappa shape index (κ3) is 3.13. The van der Waals surface area contributed by atoms with E-state index in [9.17, 15) is 19.5 Å². The first-order chi connectivity index (χ1) is 16.3. The monoisotopic (exact) mass is 464 g/mol. The van der Waals surface area contributed by atoms with Crippen molar-refractivity contribution in [3.63, 3.8) is 0 Å². The van der Waals surface area contributed by atoms with Gasteiger partial charge in [0.1, 0.15) is 6.61 Å². The fourth-order valence-electron chi connectivity index (χ4n) is 7.33. The van der Waals surface area contributed by atoms with Crippen LogP contribution in [0.5, 0.6) is 0 Å². The molecule has 3 saturated heterocycles. The summed E-state index contributed by atoms with van der Waals surface area (Å²) in [5.41, 5.74) is 4.67. The van der Waals surface area contributed by atoms with Crippen LogP contribution in [-0.4, -0.2) is 57.7 Å². The Labute approximate surface area is 199 Å². The maximum Gasteiger partial charge on any atom is 0.338 e. The molecule has 3 fully saturated rings. The van der Waals surface area contributed by atoms with Gasteiger partial charge in [0.25, 0.3) is 0 Å². The van der Waals surface area contributed by atoms with Crippen molar-refractivity contribution in [1.29, 1.82) is 0 Å². The SMILES string of the molecule is CC1=C(N2CCC3(C[C@H]4CC[C@@H](C3)N4C[C@H](O)c3ccc4c(c3C)COC4=O)C2=O)CCC1=O. The second-order valence-corrected chi connectivity index (χ2v) is 10.9. The topological polar surface area (TPSA) is 87.2 Å². The van der Waals surface area contributed by atoms with Gasteiger partial charge in [-0.1, -0.05) is 6.07 Å². The van der Waals surface area contributed by atoms with Crippen LogP contribution in [-0.2, 0) is 20.9 Å². The highest BCUT2D eigenvalue weighted by molar-refractivity contribution is 5.99. The van der Waals surface area contributed by atoms with Crippen molar-refractivity contribution in [3.8, 4) is 0 Å². The van der Waals surface area contributed by atoms with E-state index in [1.54, 1.807) is 6.07 Å². The number of likely N-dealkylation sites (tertiary alicyclic amines) is 1. The molecule has 7 heteroatoms. The summed E-state index contributed by atoms with van der Waals surface area (Å²) in [4.78, 5) is 41.9. The third-order valence-corrected chi connectivity index (χ3v) is 9.25. The molecule has 0 saturated carbocycles. The number of hydrogen-bond acceptors (Lipinski definition) is 6. The summed E-state index contributed by atoms with van der Waals surface area (Å²) in [5.74, 6) is 0.0971. The Morgan fingerprint density at radius 3 is 2.53 bits per heavy atom. The molecule has 4 aliphatic heterocycles. The maximum absolute atomic E-state index is 13.6. The number of hydrogen-bond donors (Lipinski definition) is 1.